The second-order valence-corrected chi connectivity index (χ2v) is 3.85. The lowest BCUT2D eigenvalue weighted by Gasteiger charge is -2.07. The quantitative estimate of drug-likeness (QED) is 0.854. The van der Waals surface area contributed by atoms with Crippen molar-refractivity contribution in [3.8, 4) is 11.6 Å². The molecule has 5 nitrogen and oxygen atoms in total. The summed E-state index contributed by atoms with van der Waals surface area (Å²) in [4.78, 5) is 11.7. The van der Waals surface area contributed by atoms with Gasteiger partial charge in [0.05, 0.1) is 5.69 Å². The van der Waals surface area contributed by atoms with Gasteiger partial charge in [-0.1, -0.05) is 30.3 Å². The Labute approximate surface area is 104 Å². The van der Waals surface area contributed by atoms with E-state index in [2.05, 4.69) is 0 Å². The van der Waals surface area contributed by atoms with Gasteiger partial charge in [0, 0.05) is 6.07 Å². The van der Waals surface area contributed by atoms with Crippen molar-refractivity contribution >= 4 is 6.09 Å². The molecular formula is C13H13NO4. The molecule has 1 heterocycles. The molecule has 94 valence electrons. The molecule has 0 atom stereocenters. The monoisotopic (exact) mass is 247 g/mol. The van der Waals surface area contributed by atoms with Crippen LogP contribution in [-0.4, -0.2) is 20.9 Å². The molecular weight excluding hydrogens is 234 g/mol. The van der Waals surface area contributed by atoms with Crippen molar-refractivity contribution in [3.05, 3.63) is 47.7 Å². The summed E-state index contributed by atoms with van der Waals surface area (Å²) in [6.45, 7) is 1.62. The molecule has 0 aliphatic rings. The molecule has 0 spiro atoms. The summed E-state index contributed by atoms with van der Waals surface area (Å²) < 4.78 is 5.96. The van der Waals surface area contributed by atoms with E-state index >= 15 is 0 Å². The van der Waals surface area contributed by atoms with Gasteiger partial charge in [-0.25, -0.2) is 9.36 Å². The van der Waals surface area contributed by atoms with Crippen LogP contribution in [0.1, 0.15) is 11.3 Å². The first-order valence-electron chi connectivity index (χ1n) is 5.41. The molecule has 0 bridgehead atoms. The van der Waals surface area contributed by atoms with Gasteiger partial charge in [0.15, 0.2) is 0 Å². The van der Waals surface area contributed by atoms with Gasteiger partial charge in [-0.05, 0) is 12.5 Å². The van der Waals surface area contributed by atoms with Crippen molar-refractivity contribution in [1.82, 2.24) is 4.57 Å². The molecule has 0 fully saturated rings. The fraction of sp³-hybridized carbons (Fsp3) is 0.154. The zero-order valence-electron chi connectivity index (χ0n) is 9.83. The molecule has 0 aliphatic carbocycles. The molecule has 2 rings (SSSR count). The molecule has 0 radical (unpaired) electrons. The first-order valence-corrected chi connectivity index (χ1v) is 5.41. The van der Waals surface area contributed by atoms with E-state index in [1.165, 1.54) is 6.92 Å². The second kappa shape index (κ2) is 4.83. The summed E-state index contributed by atoms with van der Waals surface area (Å²) in [5.41, 5.74) is 1.09. The molecule has 0 saturated heterocycles. The number of carbonyl (C=O) groups excluding carboxylic acids is 1. The van der Waals surface area contributed by atoms with Crippen molar-refractivity contribution < 1.29 is 19.7 Å². The minimum Gasteiger partial charge on any atom is -0.506 e. The molecule has 18 heavy (non-hydrogen) atoms. The maximum atomic E-state index is 11.7. The van der Waals surface area contributed by atoms with Crippen LogP contribution in [0.3, 0.4) is 0 Å². The van der Waals surface area contributed by atoms with Gasteiger partial charge >= 0.3 is 6.09 Å². The largest absolute Gasteiger partial charge is 0.506 e. The molecule has 5 heteroatoms. The van der Waals surface area contributed by atoms with Crippen LogP contribution in [-0.2, 0) is 11.3 Å². The SMILES string of the molecule is Cc1c(O)cc(O)n1C(=O)OCc1ccccc1. The zero-order chi connectivity index (χ0) is 13.1. The van der Waals surface area contributed by atoms with E-state index in [0.29, 0.717) is 0 Å². The van der Waals surface area contributed by atoms with Crippen LogP contribution in [0.2, 0.25) is 0 Å². The van der Waals surface area contributed by atoms with Crippen molar-refractivity contribution in [3.63, 3.8) is 0 Å². The highest BCUT2D eigenvalue weighted by Gasteiger charge is 2.17. The molecule has 0 unspecified atom stereocenters. The minimum absolute atomic E-state index is 0.109. The fourth-order valence-electron chi connectivity index (χ4n) is 1.59. The van der Waals surface area contributed by atoms with Crippen LogP contribution < -0.4 is 0 Å². The number of aromatic nitrogens is 1. The average molecular weight is 247 g/mol. The van der Waals surface area contributed by atoms with Gasteiger partial charge in [-0.3, -0.25) is 0 Å². The Bertz CT molecular complexity index is 560. The van der Waals surface area contributed by atoms with Crippen LogP contribution in [0.5, 0.6) is 11.6 Å². The van der Waals surface area contributed by atoms with E-state index in [1.807, 2.05) is 30.3 Å². The summed E-state index contributed by atoms with van der Waals surface area (Å²) >= 11 is 0. The topological polar surface area (TPSA) is 71.7 Å². The predicted molar refractivity (Wildman–Crippen MR) is 64.5 cm³/mol. The third kappa shape index (κ3) is 2.29. The Morgan fingerprint density at radius 1 is 1.28 bits per heavy atom. The Morgan fingerprint density at radius 3 is 2.50 bits per heavy atom. The highest BCUT2D eigenvalue weighted by molar-refractivity contribution is 5.74. The van der Waals surface area contributed by atoms with Gasteiger partial charge in [0.1, 0.15) is 12.4 Å². The maximum absolute atomic E-state index is 11.7. The predicted octanol–water partition coefficient (Wildman–Crippen LogP) is 2.39. The first kappa shape index (κ1) is 12.0. The first-order chi connectivity index (χ1) is 8.59. The number of hydrogen-bond acceptors (Lipinski definition) is 4. The van der Waals surface area contributed by atoms with Crippen LogP contribution in [0.15, 0.2) is 36.4 Å². The number of benzene rings is 1. The number of aromatic hydroxyl groups is 2. The van der Waals surface area contributed by atoms with E-state index in [0.717, 1.165) is 16.2 Å². The third-order valence-electron chi connectivity index (χ3n) is 2.59. The number of carbonyl (C=O) groups is 1. The Hall–Kier alpha value is -2.43. The lowest BCUT2D eigenvalue weighted by Crippen LogP contribution is -2.14. The standard InChI is InChI=1S/C13H13NO4/c1-9-11(15)7-12(16)14(9)13(17)18-8-10-5-3-2-4-6-10/h2-7,15-16H,8H2,1H3. The van der Waals surface area contributed by atoms with Gasteiger partial charge in [0.2, 0.25) is 5.88 Å². The molecule has 1 aromatic heterocycles. The van der Waals surface area contributed by atoms with Gasteiger partial charge in [-0.2, -0.15) is 0 Å². The van der Waals surface area contributed by atoms with Crippen molar-refractivity contribution in [2.75, 3.05) is 0 Å². The van der Waals surface area contributed by atoms with Crippen LogP contribution in [0, 0.1) is 6.92 Å². The highest BCUT2D eigenvalue weighted by atomic mass is 16.6. The Kier molecular flexibility index (Phi) is 3.23. The average Bonchev–Trinajstić information content (AvgIpc) is 2.62. The summed E-state index contributed by atoms with van der Waals surface area (Å²) in [6, 6.07) is 10.3. The number of hydrogen-bond donors (Lipinski definition) is 2. The minimum atomic E-state index is -0.728. The van der Waals surface area contributed by atoms with Crippen molar-refractivity contribution in [1.29, 1.82) is 0 Å². The third-order valence-corrected chi connectivity index (χ3v) is 2.59. The molecule has 2 aromatic rings. The Balaban J connectivity index is 2.09. The van der Waals surface area contributed by atoms with Crippen molar-refractivity contribution in [2.24, 2.45) is 0 Å². The maximum Gasteiger partial charge on any atom is 0.421 e. The number of ether oxygens (including phenoxy) is 1. The van der Waals surface area contributed by atoms with E-state index in [-0.39, 0.29) is 23.9 Å². The van der Waals surface area contributed by atoms with Crippen LogP contribution in [0.4, 0.5) is 4.79 Å². The fourth-order valence-corrected chi connectivity index (χ4v) is 1.59. The van der Waals surface area contributed by atoms with E-state index < -0.39 is 6.09 Å². The lowest BCUT2D eigenvalue weighted by molar-refractivity contribution is 0.138. The zero-order valence-corrected chi connectivity index (χ0v) is 9.83. The van der Waals surface area contributed by atoms with Gasteiger partial charge in [-0.15, -0.1) is 0 Å². The second-order valence-electron chi connectivity index (χ2n) is 3.85. The van der Waals surface area contributed by atoms with Gasteiger partial charge in [0.25, 0.3) is 0 Å². The summed E-state index contributed by atoms with van der Waals surface area (Å²) in [7, 11) is 0. The molecule has 0 amide bonds. The smallest absolute Gasteiger partial charge is 0.421 e. The normalized spacial score (nSPS) is 10.3. The summed E-state index contributed by atoms with van der Waals surface area (Å²) in [5.74, 6) is -0.493. The Morgan fingerprint density at radius 2 is 1.94 bits per heavy atom. The highest BCUT2D eigenvalue weighted by Crippen LogP contribution is 2.26. The summed E-state index contributed by atoms with van der Waals surface area (Å²) in [6.07, 6.45) is -0.728. The van der Waals surface area contributed by atoms with E-state index in [9.17, 15) is 15.0 Å². The van der Waals surface area contributed by atoms with Gasteiger partial charge < -0.3 is 14.9 Å². The van der Waals surface area contributed by atoms with E-state index in [4.69, 9.17) is 4.74 Å². The van der Waals surface area contributed by atoms with Crippen LogP contribution in [0.25, 0.3) is 0 Å². The lowest BCUT2D eigenvalue weighted by atomic mass is 10.2. The van der Waals surface area contributed by atoms with Crippen LogP contribution >= 0.6 is 0 Å². The van der Waals surface area contributed by atoms with Crippen molar-refractivity contribution in [2.45, 2.75) is 13.5 Å². The molecule has 1 aromatic carbocycles. The number of nitrogens with zero attached hydrogens (tertiary/aromatic N) is 1. The molecule has 2 N–H and O–H groups in total. The van der Waals surface area contributed by atoms with E-state index in [1.54, 1.807) is 0 Å². The summed E-state index contributed by atoms with van der Waals surface area (Å²) in [5, 5.41) is 18.8. The molecule has 0 saturated carbocycles. The molecule has 0 aliphatic heterocycles. The number of rotatable bonds is 2.